The average molecular weight is 498 g/mol. The molecule has 0 aromatic heterocycles. The highest BCUT2D eigenvalue weighted by Gasteiger charge is 2.18. The molecule has 144 valence electrons. The van der Waals surface area contributed by atoms with Gasteiger partial charge in [-0.05, 0) is 53.8 Å². The van der Waals surface area contributed by atoms with Crippen molar-refractivity contribution >= 4 is 43.7 Å². The number of aryl methyl sites for hydroxylation is 1. The Morgan fingerprint density at radius 3 is 2.30 bits per heavy atom. The van der Waals surface area contributed by atoms with Crippen LogP contribution >= 0.6 is 31.9 Å². The molecule has 0 fully saturated rings. The van der Waals surface area contributed by atoms with Gasteiger partial charge in [0.05, 0.1) is 0 Å². The summed E-state index contributed by atoms with van der Waals surface area (Å²) in [7, 11) is 0. The largest absolute Gasteiger partial charge is 0.484 e. The van der Waals surface area contributed by atoms with Crippen LogP contribution in [-0.2, 0) is 10.2 Å². The van der Waals surface area contributed by atoms with Crippen LogP contribution in [0.15, 0.2) is 45.3 Å². The molecule has 2 aromatic rings. The minimum absolute atomic E-state index is 0.0369. The first-order valence-electron chi connectivity index (χ1n) is 8.36. The fourth-order valence-corrected chi connectivity index (χ4v) is 3.58. The van der Waals surface area contributed by atoms with E-state index in [4.69, 9.17) is 4.74 Å². The third-order valence-electron chi connectivity index (χ3n) is 3.85. The molecule has 0 aliphatic heterocycles. The van der Waals surface area contributed by atoms with Gasteiger partial charge in [0.2, 0.25) is 0 Å². The van der Waals surface area contributed by atoms with Crippen molar-refractivity contribution in [2.24, 2.45) is 0 Å². The fraction of sp³-hybridized carbons (Fsp3) is 0.300. The molecular formula is C20H22Br2N2O3. The van der Waals surface area contributed by atoms with E-state index in [1.165, 1.54) is 0 Å². The molecule has 2 aromatic carbocycles. The van der Waals surface area contributed by atoms with Gasteiger partial charge in [0.25, 0.3) is 11.8 Å². The minimum atomic E-state index is -0.450. The Hall–Kier alpha value is -1.86. The summed E-state index contributed by atoms with van der Waals surface area (Å²) in [6.45, 7) is 8.02. The molecule has 7 heteroatoms. The van der Waals surface area contributed by atoms with Crippen LogP contribution in [0.5, 0.6) is 5.75 Å². The average Bonchev–Trinajstić information content (AvgIpc) is 2.59. The zero-order valence-corrected chi connectivity index (χ0v) is 18.8. The Kier molecular flexibility index (Phi) is 7.06. The summed E-state index contributed by atoms with van der Waals surface area (Å²) < 4.78 is 7.24. The Morgan fingerprint density at radius 2 is 1.70 bits per heavy atom. The molecule has 5 nitrogen and oxygen atoms in total. The van der Waals surface area contributed by atoms with Crippen LogP contribution in [0.4, 0.5) is 0 Å². The van der Waals surface area contributed by atoms with Crippen molar-refractivity contribution in [1.29, 1.82) is 0 Å². The highest BCUT2D eigenvalue weighted by molar-refractivity contribution is 9.10. The van der Waals surface area contributed by atoms with Gasteiger partial charge in [0.15, 0.2) is 6.61 Å². The van der Waals surface area contributed by atoms with Crippen molar-refractivity contribution < 1.29 is 14.3 Å². The predicted molar refractivity (Wildman–Crippen MR) is 113 cm³/mol. The first kappa shape index (κ1) is 21.4. The molecule has 0 heterocycles. The molecule has 2 N–H and O–H groups in total. The highest BCUT2D eigenvalue weighted by atomic mass is 79.9. The zero-order valence-electron chi connectivity index (χ0n) is 15.7. The van der Waals surface area contributed by atoms with Crippen molar-refractivity contribution in [1.82, 2.24) is 10.9 Å². The lowest BCUT2D eigenvalue weighted by atomic mass is 9.86. The zero-order chi connectivity index (χ0) is 20.2. The van der Waals surface area contributed by atoms with Gasteiger partial charge in [-0.3, -0.25) is 20.4 Å². The van der Waals surface area contributed by atoms with Crippen LogP contribution in [-0.4, -0.2) is 18.4 Å². The summed E-state index contributed by atoms with van der Waals surface area (Å²) in [5, 5.41) is 0. The maximum Gasteiger partial charge on any atom is 0.276 e. The molecule has 0 aliphatic rings. The number of ether oxygens (including phenoxy) is 1. The maximum atomic E-state index is 12.2. The molecule has 0 aliphatic carbocycles. The standard InChI is InChI=1S/C20H22Br2N2O3/c1-12-9-14(6-8-16(12)21)27-11-18(25)23-24-19(26)13-5-7-15(17(22)10-13)20(2,3)4/h5-10H,11H2,1-4H3,(H,23,25)(H,24,26). The van der Waals surface area contributed by atoms with Gasteiger partial charge in [0, 0.05) is 14.5 Å². The molecule has 27 heavy (non-hydrogen) atoms. The van der Waals surface area contributed by atoms with E-state index < -0.39 is 11.8 Å². The number of benzene rings is 2. The lowest BCUT2D eigenvalue weighted by Gasteiger charge is -2.21. The van der Waals surface area contributed by atoms with Crippen LogP contribution in [0.2, 0.25) is 0 Å². The number of hydrogen-bond acceptors (Lipinski definition) is 3. The summed E-state index contributed by atoms with van der Waals surface area (Å²) in [4.78, 5) is 24.1. The van der Waals surface area contributed by atoms with Crippen molar-refractivity contribution in [3.63, 3.8) is 0 Å². The molecule has 0 spiro atoms. The molecule has 2 rings (SSSR count). The van der Waals surface area contributed by atoms with Crippen LogP contribution in [0.3, 0.4) is 0 Å². The van der Waals surface area contributed by atoms with Gasteiger partial charge in [0.1, 0.15) is 5.75 Å². The molecule has 0 atom stereocenters. The normalized spacial score (nSPS) is 11.0. The van der Waals surface area contributed by atoms with Crippen molar-refractivity contribution in [3.8, 4) is 5.75 Å². The summed E-state index contributed by atoms with van der Waals surface area (Å²) in [5.74, 6) is -0.267. The molecular weight excluding hydrogens is 476 g/mol. The molecule has 0 bridgehead atoms. The Bertz CT molecular complexity index is 861. The van der Waals surface area contributed by atoms with Gasteiger partial charge in [-0.2, -0.15) is 0 Å². The predicted octanol–water partition coefficient (Wildman–Crippen LogP) is 4.66. The Morgan fingerprint density at radius 1 is 1.00 bits per heavy atom. The first-order valence-corrected chi connectivity index (χ1v) is 9.94. The lowest BCUT2D eigenvalue weighted by molar-refractivity contribution is -0.123. The molecule has 2 amide bonds. The number of carbonyl (C=O) groups excluding carboxylic acids is 2. The van der Waals surface area contributed by atoms with Gasteiger partial charge in [-0.1, -0.05) is 58.7 Å². The monoisotopic (exact) mass is 496 g/mol. The van der Waals surface area contributed by atoms with E-state index in [0.717, 1.165) is 20.1 Å². The number of hydrazine groups is 1. The van der Waals surface area contributed by atoms with E-state index in [9.17, 15) is 9.59 Å². The Balaban J connectivity index is 1.88. The maximum absolute atomic E-state index is 12.2. The van der Waals surface area contributed by atoms with Crippen LogP contribution in [0, 0.1) is 6.92 Å². The fourth-order valence-electron chi connectivity index (χ4n) is 2.36. The molecule has 0 saturated heterocycles. The van der Waals surface area contributed by atoms with Crippen molar-refractivity contribution in [2.45, 2.75) is 33.1 Å². The summed E-state index contributed by atoms with van der Waals surface area (Å²) in [6, 6.07) is 10.8. The van der Waals surface area contributed by atoms with Crippen LogP contribution in [0.1, 0.15) is 42.3 Å². The van der Waals surface area contributed by atoms with Crippen LogP contribution in [0.25, 0.3) is 0 Å². The number of hydrogen-bond donors (Lipinski definition) is 2. The SMILES string of the molecule is Cc1cc(OCC(=O)NNC(=O)c2ccc(C(C)(C)C)c(Br)c2)ccc1Br. The first-order chi connectivity index (χ1) is 12.6. The van der Waals surface area contributed by atoms with Crippen LogP contribution < -0.4 is 15.6 Å². The van der Waals surface area contributed by atoms with Crippen molar-refractivity contribution in [2.75, 3.05) is 6.61 Å². The number of nitrogens with one attached hydrogen (secondary N) is 2. The number of rotatable bonds is 4. The second-order valence-electron chi connectivity index (χ2n) is 7.15. The molecule has 0 saturated carbocycles. The van der Waals surface area contributed by atoms with E-state index in [2.05, 4.69) is 63.5 Å². The van der Waals surface area contributed by atoms with Crippen molar-refractivity contribution in [3.05, 3.63) is 62.0 Å². The molecule has 0 radical (unpaired) electrons. The van der Waals surface area contributed by atoms with Gasteiger partial charge in [-0.15, -0.1) is 0 Å². The van der Waals surface area contributed by atoms with E-state index in [-0.39, 0.29) is 12.0 Å². The summed E-state index contributed by atoms with van der Waals surface area (Å²) >= 11 is 6.91. The number of amides is 2. The van der Waals surface area contributed by atoms with Gasteiger partial charge < -0.3 is 4.74 Å². The lowest BCUT2D eigenvalue weighted by Crippen LogP contribution is -2.43. The summed E-state index contributed by atoms with van der Waals surface area (Å²) in [5.41, 5.74) is 7.26. The second-order valence-corrected chi connectivity index (χ2v) is 8.86. The summed E-state index contributed by atoms with van der Waals surface area (Å²) in [6.07, 6.45) is 0. The van der Waals surface area contributed by atoms with Gasteiger partial charge in [-0.25, -0.2) is 0 Å². The third-order valence-corrected chi connectivity index (χ3v) is 5.40. The van der Waals surface area contributed by atoms with E-state index in [1.807, 2.05) is 25.1 Å². The topological polar surface area (TPSA) is 67.4 Å². The minimum Gasteiger partial charge on any atom is -0.484 e. The second kappa shape index (κ2) is 8.89. The quantitative estimate of drug-likeness (QED) is 0.604. The number of halogens is 2. The van der Waals surface area contributed by atoms with Gasteiger partial charge >= 0.3 is 0 Å². The number of carbonyl (C=O) groups is 2. The molecule has 0 unspecified atom stereocenters. The smallest absolute Gasteiger partial charge is 0.276 e. The van der Waals surface area contributed by atoms with E-state index in [1.54, 1.807) is 18.2 Å². The van der Waals surface area contributed by atoms with E-state index >= 15 is 0 Å². The third kappa shape index (κ3) is 6.07. The van der Waals surface area contributed by atoms with E-state index in [0.29, 0.717) is 11.3 Å². The highest BCUT2D eigenvalue weighted by Crippen LogP contribution is 2.30. The Labute approximate surface area is 176 Å².